The SMILES string of the molecule is COC(=O)C=C1CC(C)C(C)C(OC(=O)c2ccccc2)c2cc3c(c4c2C1(C(=O)C(=O)OC)CO4)OCO3. The standard InChI is InChI=1S/C29H28O10/c1-15-10-18(11-21(30)34-3)29(26(31)28(33)35-4)13-36-25-22(29)19(12-20-24(25)38-14-37-20)23(16(15)2)39-27(32)17-8-6-5-7-9-17/h5-9,11-12,15-16,23H,10,13-14H2,1-4H3. The van der Waals surface area contributed by atoms with Gasteiger partial charge in [0.1, 0.15) is 18.1 Å². The van der Waals surface area contributed by atoms with Crippen molar-refractivity contribution < 1.29 is 47.6 Å². The highest BCUT2D eigenvalue weighted by Gasteiger charge is 2.58. The Balaban J connectivity index is 1.79. The lowest BCUT2D eigenvalue weighted by Gasteiger charge is -2.39. The Bertz CT molecular complexity index is 1380. The van der Waals surface area contributed by atoms with Crippen LogP contribution in [0.4, 0.5) is 0 Å². The highest BCUT2D eigenvalue weighted by atomic mass is 16.7. The summed E-state index contributed by atoms with van der Waals surface area (Å²) in [6, 6.07) is 10.2. The van der Waals surface area contributed by atoms with Crippen LogP contribution in [-0.4, -0.2) is 51.3 Å². The van der Waals surface area contributed by atoms with Crippen LogP contribution in [-0.2, 0) is 34.0 Å². The van der Waals surface area contributed by atoms with Crippen molar-refractivity contribution in [3.05, 3.63) is 64.7 Å². The van der Waals surface area contributed by atoms with Gasteiger partial charge in [-0.2, -0.15) is 0 Å². The van der Waals surface area contributed by atoms with Gasteiger partial charge in [0.2, 0.25) is 12.5 Å². The molecule has 2 aromatic rings. The molecule has 5 rings (SSSR count). The smallest absolute Gasteiger partial charge is 0.375 e. The Morgan fingerprint density at radius 2 is 1.72 bits per heavy atom. The maximum atomic E-state index is 13.9. The minimum absolute atomic E-state index is 0.0855. The molecule has 0 aromatic heterocycles. The Labute approximate surface area is 224 Å². The molecule has 10 nitrogen and oxygen atoms in total. The molecule has 2 aliphatic heterocycles. The summed E-state index contributed by atoms with van der Waals surface area (Å²) in [7, 11) is 2.33. The van der Waals surface area contributed by atoms with Crippen molar-refractivity contribution in [2.75, 3.05) is 27.6 Å². The molecular formula is C29H28O10. The van der Waals surface area contributed by atoms with Crippen molar-refractivity contribution in [1.82, 2.24) is 0 Å². The van der Waals surface area contributed by atoms with Crippen molar-refractivity contribution in [2.24, 2.45) is 11.8 Å². The maximum absolute atomic E-state index is 13.9. The quantitative estimate of drug-likeness (QED) is 0.243. The van der Waals surface area contributed by atoms with Crippen LogP contribution in [0, 0.1) is 11.8 Å². The number of carbonyl (C=O) groups is 4. The number of Topliss-reactive ketones (excluding diaryl/α,β-unsaturated/α-hetero) is 1. The molecule has 1 aliphatic carbocycles. The van der Waals surface area contributed by atoms with Gasteiger partial charge in [0.05, 0.1) is 19.8 Å². The number of rotatable bonds is 5. The van der Waals surface area contributed by atoms with Crippen LogP contribution in [0.25, 0.3) is 0 Å². The van der Waals surface area contributed by atoms with Crippen LogP contribution in [0.2, 0.25) is 0 Å². The second kappa shape index (κ2) is 10.1. The topological polar surface area (TPSA) is 124 Å². The molecule has 0 N–H and O–H groups in total. The third kappa shape index (κ3) is 4.20. The molecule has 39 heavy (non-hydrogen) atoms. The molecule has 0 bridgehead atoms. The van der Waals surface area contributed by atoms with Crippen molar-refractivity contribution in [1.29, 1.82) is 0 Å². The third-order valence-corrected chi connectivity index (χ3v) is 7.78. The molecule has 0 radical (unpaired) electrons. The molecule has 2 aromatic carbocycles. The molecule has 2 heterocycles. The Kier molecular flexibility index (Phi) is 6.80. The molecule has 0 spiro atoms. The summed E-state index contributed by atoms with van der Waals surface area (Å²) in [6.07, 6.45) is 0.574. The minimum atomic E-state index is -1.75. The van der Waals surface area contributed by atoms with Gasteiger partial charge >= 0.3 is 17.9 Å². The summed E-state index contributed by atoms with van der Waals surface area (Å²) >= 11 is 0. The zero-order valence-electron chi connectivity index (χ0n) is 22.0. The second-order valence-corrected chi connectivity index (χ2v) is 9.84. The molecular weight excluding hydrogens is 508 g/mol. The number of ketones is 1. The third-order valence-electron chi connectivity index (χ3n) is 7.78. The van der Waals surface area contributed by atoms with E-state index in [-0.39, 0.29) is 48.7 Å². The highest BCUT2D eigenvalue weighted by molar-refractivity contribution is 6.38. The predicted molar refractivity (Wildman–Crippen MR) is 134 cm³/mol. The van der Waals surface area contributed by atoms with Crippen LogP contribution in [0.3, 0.4) is 0 Å². The fourth-order valence-corrected chi connectivity index (χ4v) is 5.53. The summed E-state index contributed by atoms with van der Waals surface area (Å²) in [4.78, 5) is 52.6. The zero-order valence-corrected chi connectivity index (χ0v) is 22.0. The van der Waals surface area contributed by atoms with Crippen molar-refractivity contribution in [2.45, 2.75) is 31.8 Å². The number of esters is 3. The van der Waals surface area contributed by atoms with Gasteiger partial charge in [0, 0.05) is 23.1 Å². The fourth-order valence-electron chi connectivity index (χ4n) is 5.53. The van der Waals surface area contributed by atoms with E-state index in [0.29, 0.717) is 22.4 Å². The van der Waals surface area contributed by atoms with E-state index in [1.54, 1.807) is 36.4 Å². The number of hydrogen-bond acceptors (Lipinski definition) is 10. The Morgan fingerprint density at radius 3 is 2.41 bits per heavy atom. The first kappa shape index (κ1) is 26.3. The van der Waals surface area contributed by atoms with Crippen LogP contribution in [0.5, 0.6) is 17.2 Å². The molecule has 4 unspecified atom stereocenters. The van der Waals surface area contributed by atoms with E-state index in [9.17, 15) is 19.2 Å². The van der Waals surface area contributed by atoms with Gasteiger partial charge in [0.25, 0.3) is 5.78 Å². The second-order valence-electron chi connectivity index (χ2n) is 9.84. The average molecular weight is 537 g/mol. The lowest BCUT2D eigenvalue weighted by Crippen LogP contribution is -2.47. The largest absolute Gasteiger partial charge is 0.487 e. The molecule has 10 heteroatoms. The molecule has 4 atom stereocenters. The summed E-state index contributed by atoms with van der Waals surface area (Å²) in [5.74, 6) is -2.99. The Morgan fingerprint density at radius 1 is 0.974 bits per heavy atom. The summed E-state index contributed by atoms with van der Waals surface area (Å²) in [6.45, 7) is 3.46. The van der Waals surface area contributed by atoms with Crippen molar-refractivity contribution in [3.8, 4) is 17.2 Å². The molecule has 0 fully saturated rings. The van der Waals surface area contributed by atoms with Gasteiger partial charge in [-0.15, -0.1) is 0 Å². The van der Waals surface area contributed by atoms with E-state index < -0.39 is 35.2 Å². The highest BCUT2D eigenvalue weighted by Crippen LogP contribution is 2.59. The van der Waals surface area contributed by atoms with E-state index in [0.717, 1.165) is 7.11 Å². The number of methoxy groups -OCH3 is 2. The van der Waals surface area contributed by atoms with Gasteiger partial charge in [-0.3, -0.25) is 4.79 Å². The summed E-state index contributed by atoms with van der Waals surface area (Å²) < 4.78 is 33.3. The normalized spacial score (nSPS) is 25.5. The van der Waals surface area contributed by atoms with Crippen molar-refractivity contribution >= 4 is 23.7 Å². The van der Waals surface area contributed by atoms with Crippen molar-refractivity contribution in [3.63, 3.8) is 0 Å². The molecule has 0 amide bonds. The van der Waals surface area contributed by atoms with Gasteiger partial charge in [-0.25, -0.2) is 14.4 Å². The number of ether oxygens (including phenoxy) is 6. The predicted octanol–water partition coefficient (Wildman–Crippen LogP) is 3.46. The van der Waals surface area contributed by atoms with Gasteiger partial charge in [-0.1, -0.05) is 32.0 Å². The summed E-state index contributed by atoms with van der Waals surface area (Å²) in [5, 5.41) is 0. The molecule has 0 saturated heterocycles. The first-order valence-electron chi connectivity index (χ1n) is 12.5. The minimum Gasteiger partial charge on any atom is -0.487 e. The zero-order chi connectivity index (χ0) is 27.9. The van der Waals surface area contributed by atoms with Gasteiger partial charge in [0.15, 0.2) is 11.5 Å². The first-order chi connectivity index (χ1) is 18.7. The van der Waals surface area contributed by atoms with E-state index in [1.807, 2.05) is 13.8 Å². The van der Waals surface area contributed by atoms with E-state index in [4.69, 9.17) is 28.4 Å². The summed E-state index contributed by atoms with van der Waals surface area (Å²) in [5.41, 5.74) is -0.365. The first-order valence-corrected chi connectivity index (χ1v) is 12.5. The van der Waals surface area contributed by atoms with Crippen LogP contribution in [0.15, 0.2) is 48.0 Å². The lowest BCUT2D eigenvalue weighted by atomic mass is 9.63. The Hall–Kier alpha value is -4.34. The number of benzene rings is 2. The molecule has 204 valence electrons. The van der Waals surface area contributed by atoms with Crippen LogP contribution >= 0.6 is 0 Å². The molecule has 0 saturated carbocycles. The monoisotopic (exact) mass is 536 g/mol. The lowest BCUT2D eigenvalue weighted by molar-refractivity contribution is -0.154. The number of hydrogen-bond donors (Lipinski definition) is 0. The van der Waals surface area contributed by atoms with Gasteiger partial charge < -0.3 is 28.4 Å². The van der Waals surface area contributed by atoms with E-state index >= 15 is 0 Å². The van der Waals surface area contributed by atoms with E-state index in [1.165, 1.54) is 13.2 Å². The van der Waals surface area contributed by atoms with E-state index in [2.05, 4.69) is 0 Å². The van der Waals surface area contributed by atoms with Gasteiger partial charge in [-0.05, 0) is 36.1 Å². The number of carbonyl (C=O) groups excluding carboxylic acids is 4. The maximum Gasteiger partial charge on any atom is 0.375 e. The average Bonchev–Trinajstić information content (AvgIpc) is 3.59. The molecule has 3 aliphatic rings. The fraction of sp³-hybridized carbons (Fsp3) is 0.379. The number of fused-ring (bicyclic) bond motifs is 2. The van der Waals surface area contributed by atoms with Crippen LogP contribution in [0.1, 0.15) is 47.9 Å². The van der Waals surface area contributed by atoms with Crippen LogP contribution < -0.4 is 14.2 Å².